The van der Waals surface area contributed by atoms with Crippen molar-refractivity contribution in [3.05, 3.63) is 42.4 Å². The van der Waals surface area contributed by atoms with E-state index in [4.69, 9.17) is 13.9 Å². The molecule has 3 amide bonds. The number of amides is 3. The lowest BCUT2D eigenvalue weighted by atomic mass is 10.2. The van der Waals surface area contributed by atoms with Gasteiger partial charge in [0.1, 0.15) is 11.8 Å². The van der Waals surface area contributed by atoms with Crippen LogP contribution in [0.5, 0.6) is 5.75 Å². The van der Waals surface area contributed by atoms with Gasteiger partial charge >= 0.3 is 5.97 Å². The molecule has 10 heteroatoms. The van der Waals surface area contributed by atoms with Crippen molar-refractivity contribution in [3.63, 3.8) is 0 Å². The second-order valence-corrected chi connectivity index (χ2v) is 5.92. The second-order valence-electron chi connectivity index (χ2n) is 5.92. The van der Waals surface area contributed by atoms with Crippen molar-refractivity contribution in [2.45, 2.75) is 19.9 Å². The highest BCUT2D eigenvalue weighted by atomic mass is 16.5. The summed E-state index contributed by atoms with van der Waals surface area (Å²) in [6.45, 7) is 2.20. The molecule has 29 heavy (non-hydrogen) atoms. The Labute approximate surface area is 166 Å². The van der Waals surface area contributed by atoms with Crippen LogP contribution in [0.25, 0.3) is 0 Å². The number of hydrogen-bond acceptors (Lipinski definition) is 7. The van der Waals surface area contributed by atoms with Crippen LogP contribution in [-0.2, 0) is 19.1 Å². The van der Waals surface area contributed by atoms with Crippen LogP contribution in [0.1, 0.15) is 24.4 Å². The summed E-state index contributed by atoms with van der Waals surface area (Å²) in [5.74, 6) is -1.86. The molecule has 0 aliphatic rings. The van der Waals surface area contributed by atoms with E-state index in [1.165, 1.54) is 45.4 Å². The molecule has 154 valence electrons. The maximum atomic E-state index is 12.1. The minimum atomic E-state index is -0.988. The number of furan rings is 1. The fraction of sp³-hybridized carbons (Fsp3) is 0.263. The van der Waals surface area contributed by atoms with Crippen molar-refractivity contribution < 1.29 is 33.1 Å². The predicted octanol–water partition coefficient (Wildman–Crippen LogP) is 1.55. The number of methoxy groups -OCH3 is 1. The number of hydrogen-bond donors (Lipinski definition) is 3. The van der Waals surface area contributed by atoms with Crippen LogP contribution in [0, 0.1) is 0 Å². The number of anilines is 2. The number of nitrogens with one attached hydrogen (secondary N) is 3. The topological polar surface area (TPSA) is 136 Å². The Morgan fingerprint density at radius 1 is 1.14 bits per heavy atom. The fourth-order valence-corrected chi connectivity index (χ4v) is 2.27. The number of esters is 1. The third-order valence-electron chi connectivity index (χ3n) is 3.59. The summed E-state index contributed by atoms with van der Waals surface area (Å²) in [6, 6.07) is 6.68. The molecule has 0 bridgehead atoms. The van der Waals surface area contributed by atoms with Crippen molar-refractivity contribution in [1.29, 1.82) is 0 Å². The Morgan fingerprint density at radius 3 is 2.52 bits per heavy atom. The van der Waals surface area contributed by atoms with Crippen molar-refractivity contribution in [3.8, 4) is 5.75 Å². The summed E-state index contributed by atoms with van der Waals surface area (Å²) >= 11 is 0. The molecule has 1 aromatic heterocycles. The second kappa shape index (κ2) is 9.93. The van der Waals surface area contributed by atoms with E-state index in [9.17, 15) is 19.2 Å². The number of rotatable bonds is 8. The first-order valence-electron chi connectivity index (χ1n) is 8.56. The molecule has 2 aromatic rings. The molecule has 0 saturated carbocycles. The van der Waals surface area contributed by atoms with E-state index in [0.717, 1.165) is 0 Å². The zero-order valence-corrected chi connectivity index (χ0v) is 16.1. The molecule has 0 aliphatic carbocycles. The van der Waals surface area contributed by atoms with Crippen LogP contribution in [-0.4, -0.2) is 43.4 Å². The molecule has 1 aromatic carbocycles. The summed E-state index contributed by atoms with van der Waals surface area (Å²) < 4.78 is 15.0. The lowest BCUT2D eigenvalue weighted by molar-refractivity contribution is -0.148. The Bertz CT molecular complexity index is 893. The van der Waals surface area contributed by atoms with Crippen LogP contribution in [0.2, 0.25) is 0 Å². The van der Waals surface area contributed by atoms with Gasteiger partial charge in [-0.25, -0.2) is 4.79 Å². The molecule has 2 rings (SSSR count). The SMILES string of the molecule is COc1ccc(NC(C)=O)cc1NC(=O)COC(=O)[C@H](C)NC(=O)c1ccco1. The zero-order valence-electron chi connectivity index (χ0n) is 16.1. The lowest BCUT2D eigenvalue weighted by Gasteiger charge is -2.14. The van der Waals surface area contributed by atoms with Crippen molar-refractivity contribution in [1.82, 2.24) is 5.32 Å². The minimum absolute atomic E-state index is 0.0496. The van der Waals surface area contributed by atoms with Crippen LogP contribution < -0.4 is 20.7 Å². The molecule has 1 heterocycles. The number of benzene rings is 1. The van der Waals surface area contributed by atoms with Crippen LogP contribution in [0.4, 0.5) is 11.4 Å². The Morgan fingerprint density at radius 2 is 1.90 bits per heavy atom. The van der Waals surface area contributed by atoms with Gasteiger partial charge in [-0.2, -0.15) is 0 Å². The summed E-state index contributed by atoms with van der Waals surface area (Å²) in [6.07, 6.45) is 1.33. The minimum Gasteiger partial charge on any atom is -0.495 e. The molecular weight excluding hydrogens is 382 g/mol. The summed E-state index contributed by atoms with van der Waals surface area (Å²) in [7, 11) is 1.42. The normalized spacial score (nSPS) is 11.1. The summed E-state index contributed by atoms with van der Waals surface area (Å²) in [5.41, 5.74) is 0.749. The lowest BCUT2D eigenvalue weighted by Crippen LogP contribution is -2.40. The largest absolute Gasteiger partial charge is 0.495 e. The molecular formula is C19H21N3O7. The van der Waals surface area contributed by atoms with E-state index in [-0.39, 0.29) is 11.7 Å². The molecule has 10 nitrogen and oxygen atoms in total. The van der Waals surface area contributed by atoms with Gasteiger partial charge in [-0.15, -0.1) is 0 Å². The van der Waals surface area contributed by atoms with Crippen molar-refractivity contribution >= 4 is 35.1 Å². The van der Waals surface area contributed by atoms with Gasteiger partial charge in [-0.05, 0) is 37.3 Å². The Balaban J connectivity index is 1.89. The molecule has 3 N–H and O–H groups in total. The molecule has 1 atom stereocenters. The molecule has 0 unspecified atom stereocenters. The highest BCUT2D eigenvalue weighted by Crippen LogP contribution is 2.27. The van der Waals surface area contributed by atoms with E-state index < -0.39 is 30.4 Å². The first-order valence-corrected chi connectivity index (χ1v) is 8.56. The maximum Gasteiger partial charge on any atom is 0.328 e. The number of carbonyl (C=O) groups excluding carboxylic acids is 4. The summed E-state index contributed by atoms with van der Waals surface area (Å²) in [4.78, 5) is 47.1. The standard InChI is InChI=1S/C19H21N3O7/c1-11(20-18(25)16-5-4-8-28-16)19(26)29-10-17(24)22-14-9-13(21-12(2)23)6-7-15(14)27-3/h4-9,11H,10H2,1-3H3,(H,20,25)(H,21,23)(H,22,24)/t11-/m0/s1. The van der Waals surface area contributed by atoms with Gasteiger partial charge in [0.15, 0.2) is 12.4 Å². The molecule has 0 spiro atoms. The van der Waals surface area contributed by atoms with Gasteiger partial charge in [0, 0.05) is 12.6 Å². The molecule has 0 radical (unpaired) electrons. The predicted molar refractivity (Wildman–Crippen MR) is 103 cm³/mol. The smallest absolute Gasteiger partial charge is 0.328 e. The molecule has 0 aliphatic heterocycles. The van der Waals surface area contributed by atoms with E-state index >= 15 is 0 Å². The molecule has 0 saturated heterocycles. The molecule has 0 fully saturated rings. The quantitative estimate of drug-likeness (QED) is 0.569. The monoisotopic (exact) mass is 403 g/mol. The third-order valence-corrected chi connectivity index (χ3v) is 3.59. The van der Waals surface area contributed by atoms with Crippen LogP contribution in [0.3, 0.4) is 0 Å². The third kappa shape index (κ3) is 6.38. The average Bonchev–Trinajstić information content (AvgIpc) is 3.20. The average molecular weight is 403 g/mol. The number of carbonyl (C=O) groups is 4. The zero-order chi connectivity index (χ0) is 21.4. The van der Waals surface area contributed by atoms with Gasteiger partial charge in [-0.3, -0.25) is 14.4 Å². The Kier molecular flexibility index (Phi) is 7.35. The first-order chi connectivity index (χ1) is 13.8. The Hall–Kier alpha value is -3.82. The van der Waals surface area contributed by atoms with Gasteiger partial charge in [-0.1, -0.05) is 0 Å². The first kappa shape index (κ1) is 21.5. The van der Waals surface area contributed by atoms with Gasteiger partial charge in [0.25, 0.3) is 11.8 Å². The van der Waals surface area contributed by atoms with Crippen molar-refractivity contribution in [2.24, 2.45) is 0 Å². The van der Waals surface area contributed by atoms with Crippen LogP contribution >= 0.6 is 0 Å². The highest BCUT2D eigenvalue weighted by molar-refractivity contribution is 5.97. The summed E-state index contributed by atoms with van der Waals surface area (Å²) in [5, 5.41) is 7.52. The fourth-order valence-electron chi connectivity index (χ4n) is 2.27. The van der Waals surface area contributed by atoms with E-state index in [0.29, 0.717) is 17.1 Å². The van der Waals surface area contributed by atoms with Gasteiger partial charge in [0.2, 0.25) is 5.91 Å². The van der Waals surface area contributed by atoms with E-state index in [1.54, 1.807) is 12.1 Å². The number of ether oxygens (including phenoxy) is 2. The highest BCUT2D eigenvalue weighted by Gasteiger charge is 2.20. The van der Waals surface area contributed by atoms with E-state index in [2.05, 4.69) is 16.0 Å². The van der Waals surface area contributed by atoms with Gasteiger partial charge < -0.3 is 29.8 Å². The maximum absolute atomic E-state index is 12.1. The van der Waals surface area contributed by atoms with E-state index in [1.807, 2.05) is 0 Å². The van der Waals surface area contributed by atoms with Crippen molar-refractivity contribution in [2.75, 3.05) is 24.4 Å². The van der Waals surface area contributed by atoms with Crippen LogP contribution in [0.15, 0.2) is 41.0 Å². The van der Waals surface area contributed by atoms with Gasteiger partial charge in [0.05, 0.1) is 19.1 Å².